The Morgan fingerprint density at radius 1 is 0.537 bits per heavy atom. The van der Waals surface area contributed by atoms with Crippen LogP contribution >= 0.6 is 0 Å². The minimum Gasteiger partial charge on any atom is -0.321 e. The molecule has 0 saturated carbocycles. The van der Waals surface area contributed by atoms with Crippen LogP contribution in [0.25, 0.3) is 27.2 Å². The van der Waals surface area contributed by atoms with Crippen LogP contribution in [0.15, 0.2) is 31.3 Å². The van der Waals surface area contributed by atoms with E-state index in [4.69, 9.17) is 0 Å². The van der Waals surface area contributed by atoms with Gasteiger partial charge in [-0.3, -0.25) is 28.5 Å². The van der Waals surface area contributed by atoms with Crippen LogP contribution in [0.4, 0.5) is 5.69 Å². The minimum atomic E-state index is -0.554. The molecule has 8 heteroatoms. The Bertz CT molecular complexity index is 2080. The average Bonchev–Trinajstić information content (AvgIpc) is 3.30. The molecule has 0 aliphatic carbocycles. The van der Waals surface area contributed by atoms with Crippen molar-refractivity contribution in [3.63, 3.8) is 0 Å². The first-order chi connectivity index (χ1) is 19.1. The molecule has 0 bridgehead atoms. The number of aromatic nitrogens is 2. The van der Waals surface area contributed by atoms with Crippen LogP contribution < -0.4 is 27.6 Å². The van der Waals surface area contributed by atoms with E-state index in [1.807, 2.05) is 55.4 Å². The van der Waals surface area contributed by atoms with Crippen molar-refractivity contribution in [1.29, 1.82) is 0 Å². The van der Waals surface area contributed by atoms with Crippen molar-refractivity contribution < 1.29 is 4.79 Å². The molecule has 2 heterocycles. The predicted octanol–water partition coefficient (Wildman–Crippen LogP) is 4.47. The standard InChI is InChI=1S/C33H33N3O5/c1-13-14(2)16(4)26(17(5)15(13)3)29(37)34-27-18(6)20(8)28(21(9)19(27)7)36-32(40)24-11-22-23(12-25(24)33(36)41)31(39)35(10)30(22)38/h11-12H,1-10H3,(H,34,37). The molecule has 210 valence electrons. The zero-order chi connectivity index (χ0) is 30.4. The van der Waals surface area contributed by atoms with E-state index < -0.39 is 22.2 Å². The highest BCUT2D eigenvalue weighted by Gasteiger charge is 2.25. The van der Waals surface area contributed by atoms with Gasteiger partial charge in [0.2, 0.25) is 0 Å². The highest BCUT2D eigenvalue weighted by molar-refractivity contribution is 6.08. The van der Waals surface area contributed by atoms with Crippen LogP contribution in [-0.2, 0) is 7.05 Å². The second-order valence-corrected chi connectivity index (χ2v) is 11.2. The lowest BCUT2D eigenvalue weighted by atomic mass is 9.89. The number of nitrogens with zero attached hydrogens (tertiary/aromatic N) is 2. The monoisotopic (exact) mass is 551 g/mol. The van der Waals surface area contributed by atoms with E-state index in [1.54, 1.807) is 0 Å². The van der Waals surface area contributed by atoms with Crippen LogP contribution in [0.1, 0.15) is 60.4 Å². The van der Waals surface area contributed by atoms with Gasteiger partial charge in [0.1, 0.15) is 0 Å². The lowest BCUT2D eigenvalue weighted by Gasteiger charge is -2.23. The highest BCUT2D eigenvalue weighted by Crippen LogP contribution is 2.34. The molecule has 0 spiro atoms. The summed E-state index contributed by atoms with van der Waals surface area (Å²) < 4.78 is 2.10. The summed E-state index contributed by atoms with van der Waals surface area (Å²) in [6, 6.07) is 2.70. The number of hydrogen-bond acceptors (Lipinski definition) is 5. The number of benzene rings is 3. The van der Waals surface area contributed by atoms with Crippen molar-refractivity contribution in [2.24, 2.45) is 7.05 Å². The number of amides is 1. The number of carbonyl (C=O) groups excluding carboxylic acids is 1. The van der Waals surface area contributed by atoms with Crippen molar-refractivity contribution in [1.82, 2.24) is 9.13 Å². The summed E-state index contributed by atoms with van der Waals surface area (Å²) in [7, 11) is 1.37. The Morgan fingerprint density at radius 2 is 0.902 bits per heavy atom. The van der Waals surface area contributed by atoms with Gasteiger partial charge < -0.3 is 5.32 Å². The Balaban J connectivity index is 1.71. The topological polar surface area (TPSA) is 107 Å². The van der Waals surface area contributed by atoms with Gasteiger partial charge >= 0.3 is 0 Å². The first kappa shape index (κ1) is 28.0. The van der Waals surface area contributed by atoms with Crippen molar-refractivity contribution in [3.05, 3.63) is 109 Å². The van der Waals surface area contributed by atoms with E-state index >= 15 is 0 Å². The molecule has 0 fully saturated rings. The third-order valence-electron chi connectivity index (χ3n) is 9.37. The number of hydrogen-bond donors (Lipinski definition) is 1. The molecule has 8 nitrogen and oxygen atoms in total. The molecule has 5 aromatic rings. The third-order valence-corrected chi connectivity index (χ3v) is 9.37. The second kappa shape index (κ2) is 9.23. The quantitative estimate of drug-likeness (QED) is 0.356. The van der Waals surface area contributed by atoms with Crippen LogP contribution in [0.5, 0.6) is 0 Å². The van der Waals surface area contributed by atoms with Crippen LogP contribution in [0.3, 0.4) is 0 Å². The van der Waals surface area contributed by atoms with Crippen molar-refractivity contribution in [3.8, 4) is 5.69 Å². The molecule has 1 amide bonds. The fourth-order valence-electron chi connectivity index (χ4n) is 6.13. The van der Waals surface area contributed by atoms with Crippen LogP contribution in [-0.4, -0.2) is 15.0 Å². The summed E-state index contributed by atoms with van der Waals surface area (Å²) in [5, 5.41) is 3.54. The van der Waals surface area contributed by atoms with E-state index in [1.165, 1.54) is 24.7 Å². The van der Waals surface area contributed by atoms with E-state index in [-0.39, 0.29) is 27.5 Å². The molecule has 0 unspecified atom stereocenters. The fourth-order valence-corrected chi connectivity index (χ4v) is 6.13. The largest absolute Gasteiger partial charge is 0.321 e. The predicted molar refractivity (Wildman–Crippen MR) is 164 cm³/mol. The molecule has 3 aromatic carbocycles. The second-order valence-electron chi connectivity index (χ2n) is 11.2. The summed E-state index contributed by atoms with van der Waals surface area (Å²) in [4.78, 5) is 66.0. The number of fused-ring (bicyclic) bond motifs is 2. The van der Waals surface area contributed by atoms with Crippen LogP contribution in [0, 0.1) is 62.3 Å². The molecule has 1 N–H and O–H groups in total. The summed E-state index contributed by atoms with van der Waals surface area (Å²) >= 11 is 0. The maximum Gasteiger partial charge on any atom is 0.266 e. The molecule has 0 atom stereocenters. The summed E-state index contributed by atoms with van der Waals surface area (Å²) in [5.74, 6) is -0.210. The van der Waals surface area contributed by atoms with Gasteiger partial charge in [-0.2, -0.15) is 0 Å². The van der Waals surface area contributed by atoms with Gasteiger partial charge in [0, 0.05) is 18.3 Å². The molecule has 0 saturated heterocycles. The van der Waals surface area contributed by atoms with Crippen LogP contribution in [0.2, 0.25) is 0 Å². The van der Waals surface area contributed by atoms with E-state index in [0.29, 0.717) is 28.1 Å². The first-order valence-corrected chi connectivity index (χ1v) is 13.5. The molecule has 5 rings (SSSR count). The molecule has 0 aliphatic heterocycles. The van der Waals surface area contributed by atoms with Gasteiger partial charge in [0.15, 0.2) is 0 Å². The molecule has 41 heavy (non-hydrogen) atoms. The van der Waals surface area contributed by atoms with Gasteiger partial charge in [0.05, 0.1) is 27.2 Å². The molecule has 0 radical (unpaired) electrons. The SMILES string of the molecule is Cc1c(C)c(C)c(C(=O)Nc2c(C)c(C)c(-n3c(=O)c4cc5c(=O)n(C)c(=O)c5cc4c3=O)c(C)c2C)c(C)c1C. The Kier molecular flexibility index (Phi) is 6.29. The summed E-state index contributed by atoms with van der Waals surface area (Å²) in [6.07, 6.45) is 0. The number of anilines is 1. The van der Waals surface area contributed by atoms with E-state index in [0.717, 1.165) is 42.5 Å². The third kappa shape index (κ3) is 3.70. The normalized spacial score (nSPS) is 11.7. The lowest BCUT2D eigenvalue weighted by Crippen LogP contribution is -2.26. The van der Waals surface area contributed by atoms with E-state index in [9.17, 15) is 24.0 Å². The fraction of sp³-hybridized carbons (Fsp3) is 0.303. The Hall–Kier alpha value is -4.59. The van der Waals surface area contributed by atoms with Gasteiger partial charge in [0.25, 0.3) is 28.1 Å². The number of rotatable bonds is 3. The van der Waals surface area contributed by atoms with Gasteiger partial charge in [-0.25, -0.2) is 4.57 Å². The minimum absolute atomic E-state index is 0.0905. The van der Waals surface area contributed by atoms with Crippen molar-refractivity contribution >= 4 is 33.1 Å². The van der Waals surface area contributed by atoms with Gasteiger partial charge in [-0.1, -0.05) is 0 Å². The number of nitrogens with one attached hydrogen (secondary N) is 1. The molecular weight excluding hydrogens is 518 g/mol. The van der Waals surface area contributed by atoms with Gasteiger partial charge in [-0.05, 0) is 125 Å². The zero-order valence-electron chi connectivity index (χ0n) is 25.1. The lowest BCUT2D eigenvalue weighted by molar-refractivity contribution is 0.102. The van der Waals surface area contributed by atoms with E-state index in [2.05, 4.69) is 12.2 Å². The maximum atomic E-state index is 13.7. The summed E-state index contributed by atoms with van der Waals surface area (Å²) in [6.45, 7) is 17.4. The number of carbonyl (C=O) groups is 1. The average molecular weight is 552 g/mol. The van der Waals surface area contributed by atoms with Crippen molar-refractivity contribution in [2.45, 2.75) is 62.3 Å². The van der Waals surface area contributed by atoms with Crippen molar-refractivity contribution in [2.75, 3.05) is 5.32 Å². The first-order valence-electron chi connectivity index (χ1n) is 13.5. The molecular formula is C33H33N3O5. The Morgan fingerprint density at radius 3 is 1.32 bits per heavy atom. The molecule has 2 aromatic heterocycles. The Labute approximate surface area is 236 Å². The van der Waals surface area contributed by atoms with Gasteiger partial charge in [-0.15, -0.1) is 0 Å². The highest BCUT2D eigenvalue weighted by atomic mass is 16.2. The molecule has 0 aliphatic rings. The zero-order valence-corrected chi connectivity index (χ0v) is 25.1. The smallest absolute Gasteiger partial charge is 0.266 e. The summed E-state index contributed by atoms with van der Waals surface area (Å²) in [5.41, 5.74) is 7.62. The maximum absolute atomic E-state index is 13.7.